The van der Waals surface area contributed by atoms with Crippen LogP contribution in [0.1, 0.15) is 17.8 Å². The summed E-state index contributed by atoms with van der Waals surface area (Å²) in [6.07, 6.45) is 4.12. The average molecular weight is 401 g/mol. The van der Waals surface area contributed by atoms with Crippen LogP contribution in [-0.2, 0) is 24.3 Å². The summed E-state index contributed by atoms with van der Waals surface area (Å²) < 4.78 is 4.34. The fraction of sp³-hybridized carbons (Fsp3) is 0.238. The number of benzene rings is 2. The molecule has 1 aliphatic rings. The highest BCUT2D eigenvalue weighted by atomic mass is 35.5. The van der Waals surface area contributed by atoms with E-state index in [1.54, 1.807) is 18.2 Å². The minimum absolute atomic E-state index is 0.147. The van der Waals surface area contributed by atoms with Gasteiger partial charge in [-0.3, -0.25) is 4.79 Å². The Hall–Kier alpha value is -2.30. The number of anilines is 1. The van der Waals surface area contributed by atoms with E-state index < -0.39 is 0 Å². The Morgan fingerprint density at radius 1 is 1.15 bits per heavy atom. The highest BCUT2D eigenvalue weighted by molar-refractivity contribution is 6.39. The van der Waals surface area contributed by atoms with E-state index in [0.29, 0.717) is 15.7 Å². The van der Waals surface area contributed by atoms with Crippen LogP contribution in [0.25, 0.3) is 11.3 Å². The maximum absolute atomic E-state index is 12.6. The second kappa shape index (κ2) is 7.37. The fourth-order valence-corrected chi connectivity index (χ4v) is 4.04. The van der Waals surface area contributed by atoms with Gasteiger partial charge in [-0.1, -0.05) is 59.1 Å². The van der Waals surface area contributed by atoms with Gasteiger partial charge in [-0.2, -0.15) is 0 Å². The van der Waals surface area contributed by atoms with Gasteiger partial charge in [-0.15, -0.1) is 0 Å². The molecule has 1 amide bonds. The highest BCUT2D eigenvalue weighted by Gasteiger charge is 2.29. The Morgan fingerprint density at radius 2 is 1.85 bits per heavy atom. The monoisotopic (exact) mass is 400 g/mol. The smallest absolute Gasteiger partial charge is 0.266 e. The van der Waals surface area contributed by atoms with Crippen molar-refractivity contribution in [1.82, 2.24) is 4.57 Å². The maximum atomic E-state index is 12.6. The molecule has 0 saturated heterocycles. The van der Waals surface area contributed by atoms with Gasteiger partial charge in [0, 0.05) is 5.56 Å². The number of aromatic nitrogens is 2. The van der Waals surface area contributed by atoms with Crippen molar-refractivity contribution < 1.29 is 9.36 Å². The SMILES string of the molecule is Cc1ccc(-c2c[n+](CC(=O)Nc3c(Cl)cccc3Cl)c3n2CCC3)cc1. The number of halogens is 2. The topological polar surface area (TPSA) is 37.9 Å². The van der Waals surface area contributed by atoms with Crippen molar-refractivity contribution in [3.05, 3.63) is 70.1 Å². The molecular weight excluding hydrogens is 381 g/mol. The van der Waals surface area contributed by atoms with E-state index in [4.69, 9.17) is 23.2 Å². The van der Waals surface area contributed by atoms with E-state index in [9.17, 15) is 4.79 Å². The Kier molecular flexibility index (Phi) is 4.94. The quantitative estimate of drug-likeness (QED) is 0.636. The molecule has 3 aromatic rings. The van der Waals surface area contributed by atoms with Gasteiger partial charge < -0.3 is 5.32 Å². The zero-order valence-electron chi connectivity index (χ0n) is 15.0. The molecule has 138 valence electrons. The van der Waals surface area contributed by atoms with Crippen LogP contribution in [0.15, 0.2) is 48.7 Å². The lowest BCUT2D eigenvalue weighted by Crippen LogP contribution is -2.42. The lowest BCUT2D eigenvalue weighted by Gasteiger charge is -2.08. The summed E-state index contributed by atoms with van der Waals surface area (Å²) in [7, 11) is 0. The molecule has 27 heavy (non-hydrogen) atoms. The zero-order chi connectivity index (χ0) is 19.0. The van der Waals surface area contributed by atoms with Crippen molar-refractivity contribution in [2.45, 2.75) is 32.9 Å². The van der Waals surface area contributed by atoms with E-state index in [2.05, 4.69) is 47.3 Å². The first-order valence-corrected chi connectivity index (χ1v) is 9.71. The zero-order valence-corrected chi connectivity index (χ0v) is 16.5. The average Bonchev–Trinajstić information content (AvgIpc) is 3.23. The number of para-hydroxylation sites is 1. The number of nitrogens with zero attached hydrogens (tertiary/aromatic N) is 2. The molecule has 0 aliphatic carbocycles. The van der Waals surface area contributed by atoms with Crippen molar-refractivity contribution in [3.63, 3.8) is 0 Å². The summed E-state index contributed by atoms with van der Waals surface area (Å²) in [5, 5.41) is 3.71. The van der Waals surface area contributed by atoms with Gasteiger partial charge >= 0.3 is 0 Å². The van der Waals surface area contributed by atoms with E-state index >= 15 is 0 Å². The van der Waals surface area contributed by atoms with Crippen molar-refractivity contribution in [3.8, 4) is 11.3 Å². The first-order chi connectivity index (χ1) is 13.0. The third-order valence-corrected chi connectivity index (χ3v) is 5.51. The summed E-state index contributed by atoms with van der Waals surface area (Å²) in [5.41, 5.74) is 4.00. The van der Waals surface area contributed by atoms with Crippen molar-refractivity contribution >= 4 is 34.8 Å². The van der Waals surface area contributed by atoms with Gasteiger partial charge in [0.25, 0.3) is 11.7 Å². The van der Waals surface area contributed by atoms with Crippen LogP contribution in [-0.4, -0.2) is 10.5 Å². The first kappa shape index (κ1) is 18.1. The van der Waals surface area contributed by atoms with E-state index in [1.165, 1.54) is 11.4 Å². The van der Waals surface area contributed by atoms with Crippen LogP contribution in [0, 0.1) is 6.92 Å². The predicted octanol–water partition coefficient (Wildman–Crippen LogP) is 4.64. The first-order valence-electron chi connectivity index (χ1n) is 8.95. The van der Waals surface area contributed by atoms with E-state index in [0.717, 1.165) is 30.6 Å². The molecular formula is C21H20Cl2N3O+. The molecule has 1 aromatic heterocycles. The number of carbonyl (C=O) groups is 1. The summed E-state index contributed by atoms with van der Waals surface area (Å²) in [4.78, 5) is 12.6. The number of hydrogen-bond donors (Lipinski definition) is 1. The summed E-state index contributed by atoms with van der Waals surface area (Å²) in [6.45, 7) is 3.28. The molecule has 4 rings (SSSR count). The van der Waals surface area contributed by atoms with Crippen molar-refractivity contribution in [2.24, 2.45) is 0 Å². The van der Waals surface area contributed by atoms with Gasteiger partial charge in [0.05, 0.1) is 28.7 Å². The summed E-state index contributed by atoms with van der Waals surface area (Å²) in [5.74, 6) is 1.02. The van der Waals surface area contributed by atoms with Crippen LogP contribution in [0.4, 0.5) is 5.69 Å². The molecule has 6 heteroatoms. The van der Waals surface area contributed by atoms with Gasteiger partial charge in [0.2, 0.25) is 0 Å². The van der Waals surface area contributed by atoms with Crippen LogP contribution in [0.2, 0.25) is 10.0 Å². The number of aryl methyl sites for hydroxylation is 1. The van der Waals surface area contributed by atoms with Gasteiger partial charge in [0.15, 0.2) is 12.2 Å². The van der Waals surface area contributed by atoms with Crippen LogP contribution in [0.3, 0.4) is 0 Å². The molecule has 1 N–H and O–H groups in total. The molecule has 2 aromatic carbocycles. The Balaban J connectivity index is 1.60. The standard InChI is InChI=1S/C21H19Cl2N3O/c1-14-7-9-15(10-8-14)18-12-25(20-6-3-11-26(18)20)13-19(27)24-21-16(22)4-2-5-17(21)23/h2,4-5,7-10,12H,3,6,11,13H2,1H3/p+1. The number of nitrogens with one attached hydrogen (secondary N) is 1. The Labute approximate surface area is 168 Å². The number of carbonyl (C=O) groups excluding carboxylic acids is 1. The maximum Gasteiger partial charge on any atom is 0.266 e. The van der Waals surface area contributed by atoms with Crippen molar-refractivity contribution in [2.75, 3.05) is 5.32 Å². The molecule has 4 nitrogen and oxygen atoms in total. The normalized spacial score (nSPS) is 12.9. The second-order valence-electron chi connectivity index (χ2n) is 6.82. The third-order valence-electron chi connectivity index (χ3n) is 4.88. The molecule has 0 spiro atoms. The van der Waals surface area contributed by atoms with E-state index in [1.807, 2.05) is 4.57 Å². The van der Waals surface area contributed by atoms with Gasteiger partial charge in [0.1, 0.15) is 6.20 Å². The van der Waals surface area contributed by atoms with Crippen LogP contribution >= 0.6 is 23.2 Å². The summed E-state index contributed by atoms with van der Waals surface area (Å²) >= 11 is 12.3. The molecule has 0 atom stereocenters. The third kappa shape index (κ3) is 3.60. The molecule has 0 fully saturated rings. The van der Waals surface area contributed by atoms with Crippen molar-refractivity contribution in [1.29, 1.82) is 0 Å². The van der Waals surface area contributed by atoms with Crippen LogP contribution in [0.5, 0.6) is 0 Å². The number of fused-ring (bicyclic) bond motifs is 1. The van der Waals surface area contributed by atoms with Gasteiger partial charge in [-0.25, -0.2) is 9.13 Å². The lowest BCUT2D eigenvalue weighted by molar-refractivity contribution is -0.690. The number of hydrogen-bond acceptors (Lipinski definition) is 1. The number of rotatable bonds is 4. The molecule has 1 aliphatic heterocycles. The summed E-state index contributed by atoms with van der Waals surface area (Å²) in [6, 6.07) is 13.7. The molecule has 0 radical (unpaired) electrons. The van der Waals surface area contributed by atoms with Crippen LogP contribution < -0.4 is 9.88 Å². The predicted molar refractivity (Wildman–Crippen MR) is 108 cm³/mol. The second-order valence-corrected chi connectivity index (χ2v) is 7.64. The van der Waals surface area contributed by atoms with E-state index in [-0.39, 0.29) is 12.5 Å². The Morgan fingerprint density at radius 3 is 2.56 bits per heavy atom. The molecule has 0 unspecified atom stereocenters. The fourth-order valence-electron chi connectivity index (χ4n) is 3.55. The Bertz CT molecular complexity index is 989. The minimum atomic E-state index is -0.147. The molecule has 0 saturated carbocycles. The lowest BCUT2D eigenvalue weighted by atomic mass is 10.1. The number of imidazole rings is 1. The molecule has 0 bridgehead atoms. The number of amides is 1. The largest absolute Gasteiger partial charge is 0.320 e. The van der Waals surface area contributed by atoms with Gasteiger partial charge in [-0.05, 0) is 25.5 Å². The highest BCUT2D eigenvalue weighted by Crippen LogP contribution is 2.30. The minimum Gasteiger partial charge on any atom is -0.320 e. The molecule has 2 heterocycles.